The number of hydrogen-bond acceptors (Lipinski definition) is 3. The second-order valence-corrected chi connectivity index (χ2v) is 7.12. The Morgan fingerprint density at radius 2 is 1.25 bits per heavy atom. The maximum atomic E-state index is 9.88. The summed E-state index contributed by atoms with van der Waals surface area (Å²) in [5, 5.41) is 16.4. The first-order valence-electron chi connectivity index (χ1n) is 10.4. The molecule has 1 aromatic heterocycles. The molecule has 0 aliphatic heterocycles. The van der Waals surface area contributed by atoms with Gasteiger partial charge >= 0.3 is 0 Å². The summed E-state index contributed by atoms with van der Waals surface area (Å²) in [6.07, 6.45) is 22.3. The van der Waals surface area contributed by atoms with Gasteiger partial charge in [-0.1, -0.05) is 103 Å². The predicted molar refractivity (Wildman–Crippen MR) is 101 cm³/mol. The number of nitrogens with zero attached hydrogens (tertiary/aromatic N) is 2. The zero-order chi connectivity index (χ0) is 17.3. The van der Waals surface area contributed by atoms with Crippen molar-refractivity contribution in [2.45, 2.75) is 116 Å². The Labute approximate surface area is 148 Å². The molecule has 140 valence electrons. The fourth-order valence-electron chi connectivity index (χ4n) is 3.22. The van der Waals surface area contributed by atoms with E-state index in [0.29, 0.717) is 5.82 Å². The summed E-state index contributed by atoms with van der Waals surface area (Å²) >= 11 is 0. The average molecular weight is 338 g/mol. The number of aromatic amines is 1. The summed E-state index contributed by atoms with van der Waals surface area (Å²) < 4.78 is 0. The highest BCUT2D eigenvalue weighted by molar-refractivity contribution is 4.85. The topological polar surface area (TPSA) is 61.8 Å². The van der Waals surface area contributed by atoms with Crippen LogP contribution >= 0.6 is 0 Å². The van der Waals surface area contributed by atoms with E-state index in [1.165, 1.54) is 96.2 Å². The van der Waals surface area contributed by atoms with Crippen LogP contribution in [-0.4, -0.2) is 20.3 Å². The van der Waals surface area contributed by atoms with E-state index in [0.717, 1.165) is 12.8 Å². The van der Waals surface area contributed by atoms with Crippen molar-refractivity contribution in [3.63, 3.8) is 0 Å². The average Bonchev–Trinajstić information content (AvgIpc) is 3.13. The van der Waals surface area contributed by atoms with E-state index in [1.54, 1.807) is 0 Å². The van der Waals surface area contributed by atoms with Crippen LogP contribution in [0.1, 0.15) is 122 Å². The maximum absolute atomic E-state index is 9.88. The van der Waals surface area contributed by atoms with E-state index in [9.17, 15) is 5.11 Å². The minimum Gasteiger partial charge on any atom is -0.385 e. The van der Waals surface area contributed by atoms with Crippen molar-refractivity contribution in [2.24, 2.45) is 0 Å². The monoisotopic (exact) mass is 337 g/mol. The molecule has 1 atom stereocenters. The molecule has 1 unspecified atom stereocenters. The molecule has 0 saturated carbocycles. The fourth-order valence-corrected chi connectivity index (χ4v) is 3.22. The third-order valence-electron chi connectivity index (χ3n) is 4.83. The normalized spacial score (nSPS) is 12.6. The second kappa shape index (κ2) is 15.6. The molecule has 1 rings (SSSR count). The van der Waals surface area contributed by atoms with Gasteiger partial charge in [0.25, 0.3) is 0 Å². The van der Waals surface area contributed by atoms with Crippen molar-refractivity contribution in [3.05, 3.63) is 12.2 Å². The number of hydrogen-bond donors (Lipinski definition) is 2. The van der Waals surface area contributed by atoms with Crippen molar-refractivity contribution >= 4 is 0 Å². The number of aliphatic hydroxyl groups is 1. The Balaban J connectivity index is 1.73. The van der Waals surface area contributed by atoms with E-state index in [-0.39, 0.29) is 0 Å². The SMILES string of the molecule is CCCCCCCCCCCCCCCCCC(O)c1ncn[nH]1. The second-order valence-electron chi connectivity index (χ2n) is 7.12. The van der Waals surface area contributed by atoms with Gasteiger partial charge in [-0.05, 0) is 6.42 Å². The highest BCUT2D eigenvalue weighted by atomic mass is 16.3. The minimum absolute atomic E-state index is 0.477. The third-order valence-corrected chi connectivity index (χ3v) is 4.83. The molecule has 0 amide bonds. The largest absolute Gasteiger partial charge is 0.385 e. The molecular weight excluding hydrogens is 298 g/mol. The zero-order valence-corrected chi connectivity index (χ0v) is 15.8. The quantitative estimate of drug-likeness (QED) is 0.338. The van der Waals surface area contributed by atoms with Gasteiger partial charge in [0.1, 0.15) is 12.4 Å². The number of nitrogens with one attached hydrogen (secondary N) is 1. The molecule has 4 nitrogen and oxygen atoms in total. The molecule has 0 spiro atoms. The standard InChI is InChI=1S/C20H39N3O/c1-2-3-4-5-6-7-8-9-10-11-12-13-14-15-16-17-19(24)20-21-18-22-23-20/h18-19,24H,2-17H2,1H3,(H,21,22,23). The Kier molecular flexibility index (Phi) is 13.8. The van der Waals surface area contributed by atoms with Gasteiger partial charge in [-0.3, -0.25) is 5.10 Å². The van der Waals surface area contributed by atoms with Crippen LogP contribution in [0.25, 0.3) is 0 Å². The Bertz CT molecular complexity index is 354. The summed E-state index contributed by atoms with van der Waals surface area (Å²) in [7, 11) is 0. The van der Waals surface area contributed by atoms with Crippen LogP contribution in [0.3, 0.4) is 0 Å². The summed E-state index contributed by atoms with van der Waals surface area (Å²) in [4.78, 5) is 3.99. The molecule has 1 heterocycles. The van der Waals surface area contributed by atoms with Crippen LogP contribution in [0.15, 0.2) is 6.33 Å². The summed E-state index contributed by atoms with van der Waals surface area (Å²) in [5.74, 6) is 0.598. The van der Waals surface area contributed by atoms with Crippen molar-refractivity contribution in [2.75, 3.05) is 0 Å². The molecule has 0 aromatic carbocycles. The molecule has 0 aliphatic carbocycles. The van der Waals surface area contributed by atoms with Crippen LogP contribution < -0.4 is 0 Å². The van der Waals surface area contributed by atoms with Crippen LogP contribution in [0, 0.1) is 0 Å². The number of unbranched alkanes of at least 4 members (excludes halogenated alkanes) is 14. The molecule has 1 aromatic rings. The Morgan fingerprint density at radius 1 is 0.792 bits per heavy atom. The summed E-state index contributed by atoms with van der Waals surface area (Å²) in [5.41, 5.74) is 0. The smallest absolute Gasteiger partial charge is 0.153 e. The lowest BCUT2D eigenvalue weighted by Gasteiger charge is -2.07. The molecule has 2 N–H and O–H groups in total. The fraction of sp³-hybridized carbons (Fsp3) is 0.900. The lowest BCUT2D eigenvalue weighted by molar-refractivity contribution is 0.154. The van der Waals surface area contributed by atoms with Crippen LogP contribution in [0.4, 0.5) is 0 Å². The summed E-state index contributed by atoms with van der Waals surface area (Å²) in [6.45, 7) is 2.28. The van der Waals surface area contributed by atoms with Gasteiger partial charge in [0.05, 0.1) is 0 Å². The predicted octanol–water partition coefficient (Wildman–Crippen LogP) is 6.10. The van der Waals surface area contributed by atoms with E-state index in [4.69, 9.17) is 0 Å². The molecule has 4 heteroatoms. The van der Waals surface area contributed by atoms with Crippen molar-refractivity contribution in [1.29, 1.82) is 0 Å². The first kappa shape index (κ1) is 21.1. The molecular formula is C20H39N3O. The van der Waals surface area contributed by atoms with Gasteiger partial charge in [-0.2, -0.15) is 5.10 Å². The third kappa shape index (κ3) is 11.6. The van der Waals surface area contributed by atoms with Crippen molar-refractivity contribution in [3.8, 4) is 0 Å². The van der Waals surface area contributed by atoms with Crippen molar-refractivity contribution in [1.82, 2.24) is 15.2 Å². The number of rotatable bonds is 17. The van der Waals surface area contributed by atoms with E-state index in [1.807, 2.05) is 0 Å². The zero-order valence-electron chi connectivity index (χ0n) is 15.8. The number of aromatic nitrogens is 3. The van der Waals surface area contributed by atoms with E-state index in [2.05, 4.69) is 22.1 Å². The lowest BCUT2D eigenvalue weighted by atomic mass is 10.0. The van der Waals surface area contributed by atoms with Crippen LogP contribution in [-0.2, 0) is 0 Å². The summed E-state index contributed by atoms with van der Waals surface area (Å²) in [6, 6.07) is 0. The van der Waals surface area contributed by atoms with Gasteiger partial charge in [0.2, 0.25) is 0 Å². The maximum Gasteiger partial charge on any atom is 0.153 e. The van der Waals surface area contributed by atoms with Crippen molar-refractivity contribution < 1.29 is 5.11 Å². The Hall–Kier alpha value is -0.900. The molecule has 24 heavy (non-hydrogen) atoms. The molecule has 0 fully saturated rings. The molecule has 0 aliphatic rings. The van der Waals surface area contributed by atoms with E-state index >= 15 is 0 Å². The van der Waals surface area contributed by atoms with E-state index < -0.39 is 6.10 Å². The lowest BCUT2D eigenvalue weighted by Crippen LogP contribution is -1.99. The van der Waals surface area contributed by atoms with Gasteiger partial charge in [0.15, 0.2) is 5.82 Å². The first-order chi connectivity index (χ1) is 11.8. The van der Waals surface area contributed by atoms with Gasteiger partial charge in [-0.15, -0.1) is 0 Å². The molecule has 0 radical (unpaired) electrons. The Morgan fingerprint density at radius 3 is 1.67 bits per heavy atom. The minimum atomic E-state index is -0.477. The molecule has 0 bridgehead atoms. The number of H-pyrrole nitrogens is 1. The van der Waals surface area contributed by atoms with Gasteiger partial charge in [-0.25, -0.2) is 4.98 Å². The number of aliphatic hydroxyl groups excluding tert-OH is 1. The van der Waals surface area contributed by atoms with Crippen LogP contribution in [0.5, 0.6) is 0 Å². The first-order valence-corrected chi connectivity index (χ1v) is 10.4. The molecule has 0 saturated heterocycles. The van der Waals surface area contributed by atoms with Gasteiger partial charge < -0.3 is 5.11 Å². The highest BCUT2D eigenvalue weighted by Crippen LogP contribution is 2.17. The van der Waals surface area contributed by atoms with Crippen LogP contribution in [0.2, 0.25) is 0 Å². The highest BCUT2D eigenvalue weighted by Gasteiger charge is 2.09. The van der Waals surface area contributed by atoms with Gasteiger partial charge in [0, 0.05) is 0 Å².